The molecule has 2 aromatic rings. The summed E-state index contributed by atoms with van der Waals surface area (Å²) in [7, 11) is -14.5. The highest BCUT2D eigenvalue weighted by Gasteiger charge is 2.16. The molecule has 2 aromatic carbocycles. The van der Waals surface area contributed by atoms with Gasteiger partial charge >= 0.3 is 30.7 Å². The summed E-state index contributed by atoms with van der Waals surface area (Å²) in [6.07, 6.45) is 0. The van der Waals surface area contributed by atoms with E-state index in [9.17, 15) is 36.9 Å². The summed E-state index contributed by atoms with van der Waals surface area (Å²) in [6, 6.07) is 10.2. The van der Waals surface area contributed by atoms with E-state index in [1.54, 1.807) is 0 Å². The largest absolute Gasteiger partial charge is 0.369 e. The Hall–Kier alpha value is -2.52. The molecular weight excluding hydrogens is 483 g/mol. The van der Waals surface area contributed by atoms with Crippen LogP contribution in [0.2, 0.25) is 0 Å². The SMILES string of the molecule is O=S(=O)(F)CCN(CCS(=O)(=O)F)c1ccc(/N=N/c2ccc(S(=O)(=O)F)cc2)cc1. The molecule has 9 nitrogen and oxygen atoms in total. The number of rotatable bonds is 10. The third-order valence-corrected chi connectivity index (χ3v) is 6.00. The fourth-order valence-electron chi connectivity index (χ4n) is 2.33. The molecule has 0 saturated heterocycles. The molecule has 0 fully saturated rings. The monoisotopic (exact) mass is 499 g/mol. The molecule has 0 radical (unpaired) electrons. The van der Waals surface area contributed by atoms with Crippen molar-refractivity contribution < 1.29 is 36.9 Å². The predicted molar refractivity (Wildman–Crippen MR) is 107 cm³/mol. The Morgan fingerprint density at radius 1 is 0.645 bits per heavy atom. The maximum absolute atomic E-state index is 12.9. The van der Waals surface area contributed by atoms with Crippen LogP contribution in [0.3, 0.4) is 0 Å². The molecule has 0 unspecified atom stereocenters. The zero-order valence-electron chi connectivity index (χ0n) is 15.6. The molecule has 0 amide bonds. The number of halogens is 3. The maximum atomic E-state index is 12.9. The van der Waals surface area contributed by atoms with E-state index in [2.05, 4.69) is 10.2 Å². The predicted octanol–water partition coefficient (Wildman–Crippen LogP) is 3.17. The Kier molecular flexibility index (Phi) is 7.77. The summed E-state index contributed by atoms with van der Waals surface area (Å²) in [5, 5.41) is 7.74. The Labute approximate surface area is 177 Å². The van der Waals surface area contributed by atoms with Gasteiger partial charge in [-0.05, 0) is 48.5 Å². The highest BCUT2D eigenvalue weighted by atomic mass is 32.3. The minimum absolute atomic E-state index is 0.236. The molecule has 0 atom stereocenters. The van der Waals surface area contributed by atoms with Crippen LogP contribution in [-0.2, 0) is 30.7 Å². The third-order valence-electron chi connectivity index (χ3n) is 3.82. The van der Waals surface area contributed by atoms with Gasteiger partial charge in [-0.3, -0.25) is 0 Å². The first kappa shape index (κ1) is 24.7. The van der Waals surface area contributed by atoms with Crippen molar-refractivity contribution >= 4 is 47.7 Å². The normalized spacial score (nSPS) is 12.9. The van der Waals surface area contributed by atoms with E-state index < -0.39 is 60.2 Å². The zero-order valence-corrected chi connectivity index (χ0v) is 18.0. The Balaban J connectivity index is 2.14. The second kappa shape index (κ2) is 9.74. The Morgan fingerprint density at radius 3 is 1.39 bits per heavy atom. The van der Waals surface area contributed by atoms with Gasteiger partial charge in [-0.25, -0.2) is 0 Å². The topological polar surface area (TPSA) is 130 Å². The summed E-state index contributed by atoms with van der Waals surface area (Å²) < 4.78 is 103. The lowest BCUT2D eigenvalue weighted by Gasteiger charge is -2.23. The van der Waals surface area contributed by atoms with E-state index in [4.69, 9.17) is 0 Å². The van der Waals surface area contributed by atoms with Gasteiger partial charge in [0.1, 0.15) is 0 Å². The van der Waals surface area contributed by atoms with Crippen LogP contribution in [0.4, 0.5) is 28.7 Å². The molecule has 0 aliphatic rings. The molecule has 0 aliphatic carbocycles. The smallest absolute Gasteiger partial charge is 0.332 e. The summed E-state index contributed by atoms with van der Waals surface area (Å²) in [4.78, 5) is 0.659. The number of nitrogens with zero attached hydrogens (tertiary/aromatic N) is 3. The van der Waals surface area contributed by atoms with E-state index in [-0.39, 0.29) is 5.69 Å². The van der Waals surface area contributed by atoms with Gasteiger partial charge in [0.25, 0.3) is 0 Å². The number of anilines is 1. The molecule has 2 rings (SSSR count). The third kappa shape index (κ3) is 9.02. The van der Waals surface area contributed by atoms with Gasteiger partial charge in [0, 0.05) is 18.8 Å². The Morgan fingerprint density at radius 2 is 1.03 bits per heavy atom. The molecule has 31 heavy (non-hydrogen) atoms. The number of hydrogen-bond acceptors (Lipinski definition) is 9. The Bertz CT molecular complexity index is 1210. The highest BCUT2D eigenvalue weighted by molar-refractivity contribution is 7.86. The minimum atomic E-state index is -4.83. The summed E-state index contributed by atoms with van der Waals surface area (Å²) in [6.45, 7) is -0.807. The first-order valence-corrected chi connectivity index (χ1v) is 12.9. The van der Waals surface area contributed by atoms with Crippen molar-refractivity contribution in [1.82, 2.24) is 0 Å². The van der Waals surface area contributed by atoms with Crippen molar-refractivity contribution in [3.05, 3.63) is 48.5 Å². The second-order valence-corrected chi connectivity index (χ2v) is 10.4. The van der Waals surface area contributed by atoms with E-state index >= 15 is 0 Å². The first-order chi connectivity index (χ1) is 14.2. The van der Waals surface area contributed by atoms with Crippen LogP contribution in [0.1, 0.15) is 0 Å². The molecule has 0 heterocycles. The van der Waals surface area contributed by atoms with Gasteiger partial charge in [0.2, 0.25) is 0 Å². The lowest BCUT2D eigenvalue weighted by Crippen LogP contribution is -2.32. The molecular formula is C16H16F3N3O6S3. The van der Waals surface area contributed by atoms with Crippen LogP contribution < -0.4 is 4.90 Å². The van der Waals surface area contributed by atoms with Gasteiger partial charge in [-0.2, -0.15) is 35.5 Å². The van der Waals surface area contributed by atoms with E-state index in [0.717, 1.165) is 12.1 Å². The molecule has 15 heteroatoms. The lowest BCUT2D eigenvalue weighted by atomic mass is 10.2. The quantitative estimate of drug-likeness (QED) is 0.362. The van der Waals surface area contributed by atoms with Gasteiger partial charge < -0.3 is 4.90 Å². The van der Waals surface area contributed by atoms with Crippen molar-refractivity contribution in [2.24, 2.45) is 10.2 Å². The van der Waals surface area contributed by atoms with Crippen molar-refractivity contribution in [3.8, 4) is 0 Å². The average molecular weight is 500 g/mol. The maximum Gasteiger partial charge on any atom is 0.332 e. The van der Waals surface area contributed by atoms with Gasteiger partial charge in [0.05, 0.1) is 27.8 Å². The number of hydrogen-bond donors (Lipinski definition) is 0. The van der Waals surface area contributed by atoms with Gasteiger partial charge in [-0.15, -0.1) is 11.7 Å². The van der Waals surface area contributed by atoms with Crippen LogP contribution in [0.15, 0.2) is 63.7 Å². The highest BCUT2D eigenvalue weighted by Crippen LogP contribution is 2.24. The summed E-state index contributed by atoms with van der Waals surface area (Å²) in [5.41, 5.74) is 0.838. The van der Waals surface area contributed by atoms with E-state index in [1.165, 1.54) is 41.3 Å². The standard InChI is InChI=1S/C16H16F3N3O6S3/c17-29(23,24)11-9-22(10-12-30(18,25)26)15-5-1-13(2-6-15)20-21-14-3-7-16(8-4-14)31(19,27)28/h1-8H,9-12H2/b21-20+. The molecule has 0 saturated carbocycles. The van der Waals surface area contributed by atoms with E-state index in [1.807, 2.05) is 0 Å². The minimum Gasteiger partial charge on any atom is -0.369 e. The molecule has 170 valence electrons. The van der Waals surface area contributed by atoms with Crippen molar-refractivity contribution in [2.75, 3.05) is 29.5 Å². The fourth-order valence-corrected chi connectivity index (χ4v) is 3.67. The van der Waals surface area contributed by atoms with E-state index in [0.29, 0.717) is 11.4 Å². The summed E-state index contributed by atoms with van der Waals surface area (Å²) >= 11 is 0. The summed E-state index contributed by atoms with van der Waals surface area (Å²) in [5.74, 6) is -1.82. The molecule has 0 bridgehead atoms. The molecule has 0 aliphatic heterocycles. The van der Waals surface area contributed by atoms with Crippen molar-refractivity contribution in [2.45, 2.75) is 4.90 Å². The first-order valence-electron chi connectivity index (χ1n) is 8.39. The zero-order chi connectivity index (χ0) is 23.3. The molecule has 0 aromatic heterocycles. The average Bonchev–Trinajstić information content (AvgIpc) is 2.65. The van der Waals surface area contributed by atoms with Crippen LogP contribution >= 0.6 is 0 Å². The van der Waals surface area contributed by atoms with Crippen LogP contribution in [0.5, 0.6) is 0 Å². The molecule has 0 N–H and O–H groups in total. The van der Waals surface area contributed by atoms with Crippen LogP contribution in [0.25, 0.3) is 0 Å². The van der Waals surface area contributed by atoms with Gasteiger partial charge in [0.15, 0.2) is 0 Å². The molecule has 0 spiro atoms. The van der Waals surface area contributed by atoms with Gasteiger partial charge in [-0.1, -0.05) is 0 Å². The van der Waals surface area contributed by atoms with Crippen LogP contribution in [-0.4, -0.2) is 49.8 Å². The van der Waals surface area contributed by atoms with Crippen molar-refractivity contribution in [1.29, 1.82) is 0 Å². The second-order valence-electron chi connectivity index (χ2n) is 6.12. The fraction of sp³-hybridized carbons (Fsp3) is 0.250. The lowest BCUT2D eigenvalue weighted by molar-refractivity contribution is 0.547. The number of benzene rings is 2. The van der Waals surface area contributed by atoms with Crippen LogP contribution in [0, 0.1) is 0 Å². The van der Waals surface area contributed by atoms with Crippen molar-refractivity contribution in [3.63, 3.8) is 0 Å². The number of azo groups is 1.